The molecule has 5 heteroatoms. The first-order chi connectivity index (χ1) is 11.4. The van der Waals surface area contributed by atoms with Crippen LogP contribution in [0.1, 0.15) is 12.8 Å². The van der Waals surface area contributed by atoms with Crippen molar-refractivity contribution in [3.05, 3.63) is 55.0 Å². The molecule has 0 spiro atoms. The molecule has 0 radical (unpaired) electrons. The molecule has 1 aliphatic heterocycles. The average Bonchev–Trinajstić information content (AvgIpc) is 3.24. The minimum atomic E-state index is 0.884. The quantitative estimate of drug-likeness (QED) is 0.727. The van der Waals surface area contributed by atoms with Gasteiger partial charge in [0.1, 0.15) is 0 Å². The lowest BCUT2D eigenvalue weighted by atomic mass is 10.2. The summed E-state index contributed by atoms with van der Waals surface area (Å²) in [5.41, 5.74) is 2.68. The number of aryl methyl sites for hydroxylation is 1. The monoisotopic (exact) mass is 307 g/mol. The Kier molecular flexibility index (Phi) is 3.94. The molecule has 1 aromatic carbocycles. The number of nitrogens with zero attached hydrogens (tertiary/aromatic N) is 5. The van der Waals surface area contributed by atoms with Crippen LogP contribution in [0.5, 0.6) is 0 Å². The zero-order chi connectivity index (χ0) is 15.5. The molecule has 5 nitrogen and oxygen atoms in total. The molecule has 0 fully saturated rings. The molecule has 0 unspecified atom stereocenters. The summed E-state index contributed by atoms with van der Waals surface area (Å²) in [7, 11) is 0. The van der Waals surface area contributed by atoms with E-state index in [1.54, 1.807) is 17.2 Å². The first kappa shape index (κ1) is 14.2. The Hall–Kier alpha value is -2.40. The van der Waals surface area contributed by atoms with Gasteiger partial charge in [-0.2, -0.15) is 15.0 Å². The van der Waals surface area contributed by atoms with Crippen LogP contribution in [0.4, 0.5) is 0 Å². The van der Waals surface area contributed by atoms with Gasteiger partial charge in [-0.1, -0.05) is 24.3 Å². The smallest absolute Gasteiger partial charge is 0.0693 e. The van der Waals surface area contributed by atoms with Gasteiger partial charge in [0.05, 0.1) is 24.5 Å². The second kappa shape index (κ2) is 6.38. The summed E-state index contributed by atoms with van der Waals surface area (Å²) in [5.74, 6) is 0. The van der Waals surface area contributed by atoms with E-state index < -0.39 is 0 Å². The highest BCUT2D eigenvalue weighted by molar-refractivity contribution is 5.83. The number of fused-ring (bicyclic) bond motifs is 1. The van der Waals surface area contributed by atoms with Crippen LogP contribution in [-0.2, 0) is 6.54 Å². The molecular weight excluding hydrogens is 286 g/mol. The minimum absolute atomic E-state index is 0.884. The maximum atomic E-state index is 4.16. The maximum absolute atomic E-state index is 4.16. The molecule has 3 aromatic rings. The largest absolute Gasteiger partial charge is 0.319 e. The lowest BCUT2D eigenvalue weighted by Crippen LogP contribution is -2.32. The van der Waals surface area contributed by atoms with Crippen LogP contribution in [-0.4, -0.2) is 44.1 Å². The van der Waals surface area contributed by atoms with Gasteiger partial charge in [-0.15, -0.1) is 0 Å². The van der Waals surface area contributed by atoms with Crippen molar-refractivity contribution in [1.29, 1.82) is 0 Å². The van der Waals surface area contributed by atoms with Crippen LogP contribution in [0.15, 0.2) is 55.0 Å². The Morgan fingerprint density at radius 1 is 1.00 bits per heavy atom. The van der Waals surface area contributed by atoms with E-state index in [9.17, 15) is 0 Å². The Balaban J connectivity index is 1.41. The van der Waals surface area contributed by atoms with Crippen molar-refractivity contribution < 1.29 is 0 Å². The van der Waals surface area contributed by atoms with E-state index in [0.717, 1.165) is 39.0 Å². The first-order valence-electron chi connectivity index (χ1n) is 8.22. The van der Waals surface area contributed by atoms with E-state index in [1.165, 1.54) is 16.6 Å². The van der Waals surface area contributed by atoms with Crippen molar-refractivity contribution in [2.45, 2.75) is 19.4 Å². The highest BCUT2D eigenvalue weighted by Crippen LogP contribution is 2.22. The molecule has 118 valence electrons. The van der Waals surface area contributed by atoms with Gasteiger partial charge >= 0.3 is 0 Å². The SMILES string of the molecule is C1=C(n2ccc3ccccc32)CN(CCCn2nccn2)CC1. The Bertz CT molecular complexity index is 800. The van der Waals surface area contributed by atoms with E-state index >= 15 is 0 Å². The molecule has 0 bridgehead atoms. The van der Waals surface area contributed by atoms with E-state index in [2.05, 4.69) is 62.3 Å². The first-order valence-corrected chi connectivity index (χ1v) is 8.22. The number of benzene rings is 1. The van der Waals surface area contributed by atoms with Crippen LogP contribution < -0.4 is 0 Å². The Morgan fingerprint density at radius 3 is 2.78 bits per heavy atom. The fourth-order valence-corrected chi connectivity index (χ4v) is 3.28. The number of para-hydroxylation sites is 1. The highest BCUT2D eigenvalue weighted by atomic mass is 15.5. The normalized spacial score (nSPS) is 15.9. The molecule has 4 rings (SSSR count). The van der Waals surface area contributed by atoms with E-state index in [0.29, 0.717) is 0 Å². The summed E-state index contributed by atoms with van der Waals surface area (Å²) in [6, 6.07) is 10.8. The molecule has 0 atom stereocenters. The third-order valence-corrected chi connectivity index (χ3v) is 4.42. The number of hydrogen-bond donors (Lipinski definition) is 0. The van der Waals surface area contributed by atoms with Gasteiger partial charge in [-0.3, -0.25) is 4.90 Å². The topological polar surface area (TPSA) is 38.9 Å². The summed E-state index contributed by atoms with van der Waals surface area (Å²) in [4.78, 5) is 4.29. The third kappa shape index (κ3) is 3.05. The van der Waals surface area contributed by atoms with Gasteiger partial charge in [-0.05, 0) is 30.4 Å². The van der Waals surface area contributed by atoms with Crippen LogP contribution in [0.3, 0.4) is 0 Å². The second-order valence-electron chi connectivity index (χ2n) is 5.98. The van der Waals surface area contributed by atoms with Gasteiger partial charge in [0.2, 0.25) is 0 Å². The molecule has 2 aromatic heterocycles. The second-order valence-corrected chi connectivity index (χ2v) is 5.98. The molecular formula is C18H21N5. The van der Waals surface area contributed by atoms with Crippen molar-refractivity contribution in [2.75, 3.05) is 19.6 Å². The molecule has 3 heterocycles. The molecule has 0 amide bonds. The van der Waals surface area contributed by atoms with Crippen LogP contribution in [0.2, 0.25) is 0 Å². The van der Waals surface area contributed by atoms with Crippen molar-refractivity contribution in [3.8, 4) is 0 Å². The van der Waals surface area contributed by atoms with Crippen molar-refractivity contribution in [1.82, 2.24) is 24.5 Å². The predicted molar refractivity (Wildman–Crippen MR) is 91.9 cm³/mol. The maximum Gasteiger partial charge on any atom is 0.0693 e. The van der Waals surface area contributed by atoms with Crippen molar-refractivity contribution in [2.24, 2.45) is 0 Å². The van der Waals surface area contributed by atoms with Crippen LogP contribution in [0, 0.1) is 0 Å². The zero-order valence-electron chi connectivity index (χ0n) is 13.2. The van der Waals surface area contributed by atoms with Crippen LogP contribution >= 0.6 is 0 Å². The minimum Gasteiger partial charge on any atom is -0.319 e. The van der Waals surface area contributed by atoms with Gasteiger partial charge in [0, 0.05) is 31.5 Å². The molecule has 0 saturated carbocycles. The van der Waals surface area contributed by atoms with Gasteiger partial charge in [0.15, 0.2) is 0 Å². The van der Waals surface area contributed by atoms with Crippen molar-refractivity contribution in [3.63, 3.8) is 0 Å². The summed E-state index contributed by atoms with van der Waals surface area (Å²) < 4.78 is 2.33. The van der Waals surface area contributed by atoms with Crippen LogP contribution in [0.25, 0.3) is 16.6 Å². The third-order valence-electron chi connectivity index (χ3n) is 4.42. The van der Waals surface area contributed by atoms with E-state index in [-0.39, 0.29) is 0 Å². The predicted octanol–water partition coefficient (Wildman–Crippen LogP) is 2.87. The molecule has 0 aliphatic carbocycles. The molecule has 23 heavy (non-hydrogen) atoms. The lowest BCUT2D eigenvalue weighted by Gasteiger charge is -2.28. The van der Waals surface area contributed by atoms with Gasteiger partial charge < -0.3 is 4.57 Å². The van der Waals surface area contributed by atoms with Gasteiger partial charge in [-0.25, -0.2) is 0 Å². The van der Waals surface area contributed by atoms with E-state index in [1.807, 2.05) is 0 Å². The summed E-state index contributed by atoms with van der Waals surface area (Å²) in [6.45, 7) is 4.10. The molecule has 0 saturated heterocycles. The lowest BCUT2D eigenvalue weighted by molar-refractivity contribution is 0.285. The number of rotatable bonds is 5. The van der Waals surface area contributed by atoms with Gasteiger partial charge in [0.25, 0.3) is 0 Å². The Morgan fingerprint density at radius 2 is 1.87 bits per heavy atom. The average molecular weight is 307 g/mol. The van der Waals surface area contributed by atoms with Crippen molar-refractivity contribution >= 4 is 16.6 Å². The standard InChI is InChI=1S/C18H21N5/c1-2-7-18-16(5-1)8-14-22(18)17-6-3-11-21(15-17)12-4-13-23-19-9-10-20-23/h1-2,5-10,14H,3-4,11-13,15H2. The summed E-state index contributed by atoms with van der Waals surface area (Å²) in [5, 5.41) is 9.62. The fraction of sp³-hybridized carbons (Fsp3) is 0.333. The fourth-order valence-electron chi connectivity index (χ4n) is 3.28. The number of hydrogen-bond acceptors (Lipinski definition) is 3. The Labute approximate surface area is 135 Å². The number of aromatic nitrogens is 4. The molecule has 0 N–H and O–H groups in total. The highest BCUT2D eigenvalue weighted by Gasteiger charge is 2.14. The van der Waals surface area contributed by atoms with E-state index in [4.69, 9.17) is 0 Å². The zero-order valence-corrected chi connectivity index (χ0v) is 13.2. The summed E-state index contributed by atoms with van der Waals surface area (Å²) in [6.07, 6.45) is 10.2. The molecule has 1 aliphatic rings. The summed E-state index contributed by atoms with van der Waals surface area (Å²) >= 11 is 0.